The Hall–Kier alpha value is -0.830. The highest BCUT2D eigenvalue weighted by Crippen LogP contribution is 2.69. The van der Waals surface area contributed by atoms with E-state index in [1.807, 2.05) is 27.7 Å². The minimum absolute atomic E-state index is 0.000157. The average molecular weight is 521 g/mol. The third kappa shape index (κ3) is 4.02. The van der Waals surface area contributed by atoms with Crippen LogP contribution in [0.1, 0.15) is 99.8 Å². The molecule has 3 saturated carbocycles. The number of aliphatic hydroxyl groups is 4. The Morgan fingerprint density at radius 3 is 2.35 bits per heavy atom. The van der Waals surface area contributed by atoms with E-state index >= 15 is 0 Å². The van der Waals surface area contributed by atoms with Crippen molar-refractivity contribution in [3.63, 3.8) is 0 Å². The van der Waals surface area contributed by atoms with Gasteiger partial charge in [-0.3, -0.25) is 4.79 Å². The van der Waals surface area contributed by atoms with Crippen molar-refractivity contribution in [2.45, 2.75) is 141 Å². The van der Waals surface area contributed by atoms with E-state index in [0.717, 1.165) is 24.8 Å². The summed E-state index contributed by atoms with van der Waals surface area (Å²) in [7, 11) is 0. The molecule has 7 heteroatoms. The molecule has 5 rings (SSSR count). The van der Waals surface area contributed by atoms with Crippen LogP contribution in [0.3, 0.4) is 0 Å². The molecule has 0 radical (unpaired) electrons. The number of allylic oxidation sites excluding steroid dienone is 1. The first kappa shape index (κ1) is 27.7. The van der Waals surface area contributed by atoms with Crippen LogP contribution in [-0.2, 0) is 14.3 Å². The van der Waals surface area contributed by atoms with Gasteiger partial charge in [0, 0.05) is 11.3 Å². The van der Waals surface area contributed by atoms with Crippen LogP contribution in [0.4, 0.5) is 0 Å². The Bertz CT molecular complexity index is 983. The third-order valence-corrected chi connectivity index (χ3v) is 11.4. The first-order valence-corrected chi connectivity index (χ1v) is 14.3. The Morgan fingerprint density at radius 2 is 1.70 bits per heavy atom. The highest BCUT2D eigenvalue weighted by atomic mass is 16.8. The van der Waals surface area contributed by atoms with Crippen molar-refractivity contribution in [3.05, 3.63) is 11.6 Å². The molecule has 10 atom stereocenters. The van der Waals surface area contributed by atoms with Gasteiger partial charge in [0.2, 0.25) is 0 Å². The molecule has 0 spiro atoms. The summed E-state index contributed by atoms with van der Waals surface area (Å²) in [6, 6.07) is 0. The van der Waals surface area contributed by atoms with E-state index in [-0.39, 0.29) is 36.1 Å². The number of aliphatic hydroxyl groups excluding tert-OH is 2. The van der Waals surface area contributed by atoms with E-state index in [4.69, 9.17) is 9.47 Å². The lowest BCUT2D eigenvalue weighted by Crippen LogP contribution is -2.62. The molecule has 4 N–H and O–H groups in total. The predicted molar refractivity (Wildman–Crippen MR) is 138 cm³/mol. The Morgan fingerprint density at radius 1 is 1.03 bits per heavy atom. The number of hydrogen-bond donors (Lipinski definition) is 4. The first-order valence-electron chi connectivity index (χ1n) is 14.3. The minimum atomic E-state index is -1.15. The molecule has 0 aromatic carbocycles. The second-order valence-corrected chi connectivity index (χ2v) is 14.7. The van der Waals surface area contributed by atoms with Gasteiger partial charge in [-0.2, -0.15) is 0 Å². The van der Waals surface area contributed by atoms with Crippen LogP contribution in [0.15, 0.2) is 11.6 Å². The minimum Gasteiger partial charge on any atom is -0.390 e. The average Bonchev–Trinajstić information content (AvgIpc) is 3.17. The molecule has 4 fully saturated rings. The number of hydrogen-bond acceptors (Lipinski definition) is 7. The summed E-state index contributed by atoms with van der Waals surface area (Å²) in [5.41, 5.74) is -2.79. The molecule has 210 valence electrons. The number of ketones is 1. The van der Waals surface area contributed by atoms with Gasteiger partial charge in [0.25, 0.3) is 0 Å². The molecule has 37 heavy (non-hydrogen) atoms. The van der Waals surface area contributed by atoms with Gasteiger partial charge in [-0.05, 0) is 115 Å². The quantitative estimate of drug-likeness (QED) is 0.447. The Labute approximate surface area is 221 Å². The summed E-state index contributed by atoms with van der Waals surface area (Å²) in [5, 5.41) is 43.9. The molecule has 1 aliphatic heterocycles. The van der Waals surface area contributed by atoms with Gasteiger partial charge >= 0.3 is 0 Å². The summed E-state index contributed by atoms with van der Waals surface area (Å²) >= 11 is 0. The molecule has 0 aromatic heterocycles. The number of ether oxygens (including phenoxy) is 2. The fraction of sp³-hybridized carbons (Fsp3) is 0.900. The monoisotopic (exact) mass is 520 g/mol. The van der Waals surface area contributed by atoms with Gasteiger partial charge in [0.1, 0.15) is 0 Å². The normalized spacial score (nSPS) is 51.3. The van der Waals surface area contributed by atoms with Crippen LogP contribution in [-0.4, -0.2) is 67.1 Å². The molecular weight excluding hydrogens is 472 g/mol. The molecule has 0 bridgehead atoms. The largest absolute Gasteiger partial charge is 0.390 e. The molecule has 0 amide bonds. The first-order chi connectivity index (χ1) is 16.9. The lowest BCUT2D eigenvalue weighted by molar-refractivity contribution is -0.191. The molecule has 4 aliphatic carbocycles. The van der Waals surface area contributed by atoms with Crippen LogP contribution in [0, 0.1) is 28.6 Å². The van der Waals surface area contributed by atoms with E-state index in [2.05, 4.69) is 20.8 Å². The van der Waals surface area contributed by atoms with E-state index in [1.54, 1.807) is 6.08 Å². The SMILES string of the molecule is CC(C)(O)CC[C@H]1OC(C)(C)O[C@]1(C)[C@H]1CC[C@@]2(O)C3=CC(=O)[C@@H]4C[C@@H](O)[C@@H](O)CC4(C)[C@H]3CCC12C. The van der Waals surface area contributed by atoms with Gasteiger partial charge in [0.05, 0.1) is 35.1 Å². The standard InChI is InChI=1S/C30H48O7/c1-25(2,34)11-10-24-29(7,37-26(3,4)36-24)23-9-13-30(35)18-14-20(31)19-15-21(32)22(33)16-27(19,5)17(18)8-12-28(23,30)6/h14,17,19,21-24,32-35H,8-13,15-16H2,1-7H3/t17-,19-,21+,22-,23-,24+,27?,28?,29+,30+/m0/s1. The zero-order valence-electron chi connectivity index (χ0n) is 23.7. The van der Waals surface area contributed by atoms with E-state index in [0.29, 0.717) is 25.7 Å². The van der Waals surface area contributed by atoms with E-state index in [9.17, 15) is 25.2 Å². The van der Waals surface area contributed by atoms with Crippen molar-refractivity contribution < 1.29 is 34.7 Å². The van der Waals surface area contributed by atoms with Gasteiger partial charge in [0.15, 0.2) is 11.6 Å². The van der Waals surface area contributed by atoms with Gasteiger partial charge in [-0.25, -0.2) is 0 Å². The van der Waals surface area contributed by atoms with Crippen LogP contribution in [0.2, 0.25) is 0 Å². The van der Waals surface area contributed by atoms with Crippen LogP contribution >= 0.6 is 0 Å². The van der Waals surface area contributed by atoms with E-state index < -0.39 is 45.6 Å². The van der Waals surface area contributed by atoms with Crippen molar-refractivity contribution in [1.82, 2.24) is 0 Å². The molecule has 1 heterocycles. The molecule has 7 nitrogen and oxygen atoms in total. The summed E-state index contributed by atoms with van der Waals surface area (Å²) in [5.74, 6) is -1.14. The number of rotatable bonds is 4. The van der Waals surface area contributed by atoms with Crippen molar-refractivity contribution in [1.29, 1.82) is 0 Å². The smallest absolute Gasteiger partial charge is 0.164 e. The lowest BCUT2D eigenvalue weighted by Gasteiger charge is -2.60. The van der Waals surface area contributed by atoms with Crippen molar-refractivity contribution >= 4 is 5.78 Å². The molecular formula is C30H48O7. The van der Waals surface area contributed by atoms with Gasteiger partial charge < -0.3 is 29.9 Å². The maximum Gasteiger partial charge on any atom is 0.164 e. The van der Waals surface area contributed by atoms with Crippen molar-refractivity contribution in [3.8, 4) is 0 Å². The molecule has 0 aromatic rings. The highest BCUT2D eigenvalue weighted by molar-refractivity contribution is 5.95. The fourth-order valence-corrected chi connectivity index (χ4v) is 9.49. The van der Waals surface area contributed by atoms with Crippen molar-refractivity contribution in [2.24, 2.45) is 28.6 Å². The maximum absolute atomic E-state index is 13.4. The zero-order chi connectivity index (χ0) is 27.4. The third-order valence-electron chi connectivity index (χ3n) is 11.4. The maximum atomic E-state index is 13.4. The number of carbonyl (C=O) groups is 1. The lowest BCUT2D eigenvalue weighted by atomic mass is 9.45. The molecule has 2 unspecified atom stereocenters. The zero-order valence-corrected chi connectivity index (χ0v) is 23.7. The Balaban J connectivity index is 1.51. The summed E-state index contributed by atoms with van der Waals surface area (Å²) in [6.45, 7) is 13.8. The van der Waals surface area contributed by atoms with Gasteiger partial charge in [-0.15, -0.1) is 0 Å². The highest BCUT2D eigenvalue weighted by Gasteiger charge is 2.71. The van der Waals surface area contributed by atoms with E-state index in [1.165, 1.54) is 0 Å². The second kappa shape index (κ2) is 8.34. The van der Waals surface area contributed by atoms with Gasteiger partial charge in [-0.1, -0.05) is 13.8 Å². The molecule has 1 saturated heterocycles. The van der Waals surface area contributed by atoms with Crippen LogP contribution in [0.5, 0.6) is 0 Å². The topological polar surface area (TPSA) is 116 Å². The van der Waals surface area contributed by atoms with Crippen LogP contribution in [0.25, 0.3) is 0 Å². The van der Waals surface area contributed by atoms with Crippen LogP contribution < -0.4 is 0 Å². The molecule has 5 aliphatic rings. The number of fused-ring (bicyclic) bond motifs is 5. The number of carbonyl (C=O) groups excluding carboxylic acids is 1. The van der Waals surface area contributed by atoms with Crippen molar-refractivity contribution in [2.75, 3.05) is 0 Å². The fourth-order valence-electron chi connectivity index (χ4n) is 9.49. The summed E-state index contributed by atoms with van der Waals surface area (Å²) < 4.78 is 13.1. The summed E-state index contributed by atoms with van der Waals surface area (Å²) in [4.78, 5) is 13.4. The summed E-state index contributed by atoms with van der Waals surface area (Å²) in [6.07, 6.45) is 4.51. The Kier molecular flexibility index (Phi) is 6.25. The predicted octanol–water partition coefficient (Wildman–Crippen LogP) is 3.65. The second-order valence-electron chi connectivity index (χ2n) is 14.7.